The predicted molar refractivity (Wildman–Crippen MR) is 103 cm³/mol. The summed E-state index contributed by atoms with van der Waals surface area (Å²) in [5, 5.41) is 0.885. The molecular formula is C18H22N4O3S2. The number of piperazine rings is 1. The van der Waals surface area contributed by atoms with Crippen LogP contribution in [-0.2, 0) is 14.8 Å². The maximum Gasteiger partial charge on any atom is 0.243 e. The first-order valence-corrected chi connectivity index (χ1v) is 11.5. The number of aromatic nitrogens is 2. The van der Waals surface area contributed by atoms with E-state index in [0.717, 1.165) is 5.16 Å². The second kappa shape index (κ2) is 7.65. The molecule has 0 unspecified atom stereocenters. The van der Waals surface area contributed by atoms with Crippen molar-refractivity contribution in [2.24, 2.45) is 0 Å². The number of hydrogen-bond donors (Lipinski definition) is 0. The van der Waals surface area contributed by atoms with E-state index < -0.39 is 10.0 Å². The first-order chi connectivity index (χ1) is 13.1. The second-order valence-electron chi connectivity index (χ2n) is 6.73. The van der Waals surface area contributed by atoms with E-state index >= 15 is 0 Å². The lowest BCUT2D eigenvalue weighted by Crippen LogP contribution is -2.50. The zero-order valence-corrected chi connectivity index (χ0v) is 16.5. The Hall–Kier alpha value is -1.84. The molecule has 2 fully saturated rings. The Morgan fingerprint density at radius 2 is 1.81 bits per heavy atom. The van der Waals surface area contributed by atoms with Crippen LogP contribution in [-0.4, -0.2) is 65.0 Å². The monoisotopic (exact) mass is 406 g/mol. The van der Waals surface area contributed by atoms with Crippen LogP contribution in [0.2, 0.25) is 0 Å². The molecule has 1 aliphatic heterocycles. The molecule has 4 rings (SSSR count). The van der Waals surface area contributed by atoms with E-state index in [2.05, 4.69) is 9.55 Å². The van der Waals surface area contributed by atoms with E-state index in [1.807, 2.05) is 6.20 Å². The average molecular weight is 407 g/mol. The van der Waals surface area contributed by atoms with Gasteiger partial charge < -0.3 is 9.47 Å². The number of carbonyl (C=O) groups excluding carboxylic acids is 1. The van der Waals surface area contributed by atoms with Gasteiger partial charge in [0.05, 0.1) is 10.6 Å². The van der Waals surface area contributed by atoms with Gasteiger partial charge in [-0.05, 0) is 25.0 Å². The number of sulfonamides is 1. The van der Waals surface area contributed by atoms with E-state index in [0.29, 0.717) is 42.9 Å². The van der Waals surface area contributed by atoms with Gasteiger partial charge in [0.2, 0.25) is 15.9 Å². The topological polar surface area (TPSA) is 75.5 Å². The maximum absolute atomic E-state index is 12.7. The molecule has 0 atom stereocenters. The molecule has 7 nitrogen and oxygen atoms in total. The third-order valence-corrected chi connectivity index (χ3v) is 7.75. The standard InChI is InChI=1S/C18H22N4O3S2/c23-17(14-26-18-19-8-9-22(18)15-6-7-15)20-10-12-21(13-11-20)27(24,25)16-4-2-1-3-5-16/h1-5,8-9,15H,6-7,10-14H2. The first kappa shape index (κ1) is 18.5. The minimum Gasteiger partial charge on any atom is -0.339 e. The summed E-state index contributed by atoms with van der Waals surface area (Å²) in [5.74, 6) is 0.358. The van der Waals surface area contributed by atoms with Crippen LogP contribution in [0, 0.1) is 0 Å². The molecule has 9 heteroatoms. The molecule has 1 amide bonds. The van der Waals surface area contributed by atoms with Crippen LogP contribution in [0.1, 0.15) is 18.9 Å². The molecule has 0 spiro atoms. The summed E-state index contributed by atoms with van der Waals surface area (Å²) in [4.78, 5) is 18.9. The minimum atomic E-state index is -3.49. The molecule has 1 saturated heterocycles. The first-order valence-electron chi connectivity index (χ1n) is 9.04. The Balaban J connectivity index is 1.31. The molecule has 2 aliphatic rings. The third kappa shape index (κ3) is 4.04. The lowest BCUT2D eigenvalue weighted by molar-refractivity contribution is -0.129. The lowest BCUT2D eigenvalue weighted by atomic mass is 10.3. The summed E-state index contributed by atoms with van der Waals surface area (Å²) < 4.78 is 28.9. The van der Waals surface area contributed by atoms with Crippen molar-refractivity contribution in [2.45, 2.75) is 28.9 Å². The van der Waals surface area contributed by atoms with Crippen LogP contribution >= 0.6 is 11.8 Å². The molecule has 1 aromatic carbocycles. The molecular weight excluding hydrogens is 384 g/mol. The molecule has 2 heterocycles. The van der Waals surface area contributed by atoms with Gasteiger partial charge in [0, 0.05) is 44.6 Å². The summed E-state index contributed by atoms with van der Waals surface area (Å²) in [6.45, 7) is 1.49. The normalized spacial score (nSPS) is 18.6. The smallest absolute Gasteiger partial charge is 0.243 e. The molecule has 0 N–H and O–H groups in total. The quantitative estimate of drug-likeness (QED) is 0.685. The van der Waals surface area contributed by atoms with E-state index in [9.17, 15) is 13.2 Å². The highest BCUT2D eigenvalue weighted by atomic mass is 32.2. The van der Waals surface area contributed by atoms with Crippen molar-refractivity contribution in [2.75, 3.05) is 31.9 Å². The van der Waals surface area contributed by atoms with E-state index in [1.165, 1.54) is 28.9 Å². The summed E-state index contributed by atoms with van der Waals surface area (Å²) in [5.41, 5.74) is 0. The van der Waals surface area contributed by atoms with Gasteiger partial charge in [-0.1, -0.05) is 30.0 Å². The Bertz CT molecular complexity index is 902. The highest BCUT2D eigenvalue weighted by Crippen LogP contribution is 2.37. The second-order valence-corrected chi connectivity index (χ2v) is 9.62. The van der Waals surface area contributed by atoms with Crippen LogP contribution in [0.5, 0.6) is 0 Å². The number of nitrogens with zero attached hydrogens (tertiary/aromatic N) is 4. The zero-order valence-electron chi connectivity index (χ0n) is 14.9. The van der Waals surface area contributed by atoms with Gasteiger partial charge in [0.1, 0.15) is 0 Å². The minimum absolute atomic E-state index is 0.0297. The number of thioether (sulfide) groups is 1. The molecule has 0 radical (unpaired) electrons. The van der Waals surface area contributed by atoms with Crippen LogP contribution in [0.4, 0.5) is 0 Å². The molecule has 27 heavy (non-hydrogen) atoms. The highest BCUT2D eigenvalue weighted by molar-refractivity contribution is 7.99. The summed E-state index contributed by atoms with van der Waals surface area (Å²) in [6.07, 6.45) is 6.10. The van der Waals surface area contributed by atoms with Gasteiger partial charge in [-0.2, -0.15) is 4.31 Å². The van der Waals surface area contributed by atoms with Crippen molar-refractivity contribution in [3.63, 3.8) is 0 Å². The number of amides is 1. The summed E-state index contributed by atoms with van der Waals surface area (Å²) in [7, 11) is -3.49. The van der Waals surface area contributed by atoms with Gasteiger partial charge in [0.15, 0.2) is 5.16 Å². The van der Waals surface area contributed by atoms with Gasteiger partial charge in [-0.15, -0.1) is 0 Å². The molecule has 1 aliphatic carbocycles. The molecule has 0 bridgehead atoms. The Morgan fingerprint density at radius 3 is 2.48 bits per heavy atom. The maximum atomic E-state index is 12.7. The number of imidazole rings is 1. The fraction of sp³-hybridized carbons (Fsp3) is 0.444. The van der Waals surface area contributed by atoms with Gasteiger partial charge >= 0.3 is 0 Å². The van der Waals surface area contributed by atoms with Crippen molar-refractivity contribution in [1.29, 1.82) is 0 Å². The number of carbonyl (C=O) groups is 1. The van der Waals surface area contributed by atoms with Crippen LogP contribution in [0.25, 0.3) is 0 Å². The van der Waals surface area contributed by atoms with E-state index in [-0.39, 0.29) is 5.91 Å². The Labute approximate surface area is 163 Å². The van der Waals surface area contributed by atoms with Gasteiger partial charge in [0.25, 0.3) is 0 Å². The van der Waals surface area contributed by atoms with E-state index in [1.54, 1.807) is 41.4 Å². The van der Waals surface area contributed by atoms with Crippen LogP contribution in [0.15, 0.2) is 52.8 Å². The van der Waals surface area contributed by atoms with Gasteiger partial charge in [-0.25, -0.2) is 13.4 Å². The molecule has 2 aromatic rings. The van der Waals surface area contributed by atoms with Crippen molar-refractivity contribution >= 4 is 27.7 Å². The fourth-order valence-corrected chi connectivity index (χ4v) is 5.55. The molecule has 1 aromatic heterocycles. The zero-order chi connectivity index (χ0) is 18.9. The Morgan fingerprint density at radius 1 is 1.11 bits per heavy atom. The Kier molecular flexibility index (Phi) is 5.25. The van der Waals surface area contributed by atoms with Crippen LogP contribution in [0.3, 0.4) is 0 Å². The lowest BCUT2D eigenvalue weighted by Gasteiger charge is -2.34. The highest BCUT2D eigenvalue weighted by Gasteiger charge is 2.30. The SMILES string of the molecule is O=C(CSc1nccn1C1CC1)N1CCN(S(=O)(=O)c2ccccc2)CC1. The van der Waals surface area contributed by atoms with Crippen LogP contribution < -0.4 is 0 Å². The van der Waals surface area contributed by atoms with Gasteiger partial charge in [-0.3, -0.25) is 4.79 Å². The number of benzene rings is 1. The van der Waals surface area contributed by atoms with E-state index in [4.69, 9.17) is 0 Å². The third-order valence-electron chi connectivity index (χ3n) is 4.87. The fourth-order valence-electron chi connectivity index (χ4n) is 3.18. The van der Waals surface area contributed by atoms with Crippen molar-refractivity contribution < 1.29 is 13.2 Å². The number of rotatable bonds is 6. The average Bonchev–Trinajstić information content (AvgIpc) is 3.44. The number of hydrogen-bond acceptors (Lipinski definition) is 5. The van der Waals surface area contributed by atoms with Crippen molar-refractivity contribution in [3.8, 4) is 0 Å². The molecule has 1 saturated carbocycles. The summed E-state index contributed by atoms with van der Waals surface area (Å²) >= 11 is 1.46. The van der Waals surface area contributed by atoms with Crippen molar-refractivity contribution in [1.82, 2.24) is 18.8 Å². The summed E-state index contributed by atoms with van der Waals surface area (Å²) in [6, 6.07) is 8.97. The predicted octanol–water partition coefficient (Wildman–Crippen LogP) is 1.84. The molecule has 144 valence electrons. The largest absolute Gasteiger partial charge is 0.339 e. The van der Waals surface area contributed by atoms with Crippen molar-refractivity contribution in [3.05, 3.63) is 42.7 Å².